The van der Waals surface area contributed by atoms with Gasteiger partial charge >= 0.3 is 6.18 Å². The molecule has 1 saturated heterocycles. The zero-order chi connectivity index (χ0) is 20.7. The summed E-state index contributed by atoms with van der Waals surface area (Å²) in [5.74, 6) is 3.37. The van der Waals surface area contributed by atoms with Crippen molar-refractivity contribution in [2.45, 2.75) is 18.2 Å². The summed E-state index contributed by atoms with van der Waals surface area (Å²) < 4.78 is 40.1. The van der Waals surface area contributed by atoms with Crippen molar-refractivity contribution >= 4 is 11.8 Å². The van der Waals surface area contributed by atoms with E-state index in [4.69, 9.17) is 5.73 Å². The van der Waals surface area contributed by atoms with E-state index in [0.29, 0.717) is 18.3 Å². The van der Waals surface area contributed by atoms with Crippen molar-refractivity contribution in [3.63, 3.8) is 0 Å². The summed E-state index contributed by atoms with van der Waals surface area (Å²) in [6.07, 6.45) is -3.97. The summed E-state index contributed by atoms with van der Waals surface area (Å²) in [5, 5.41) is 13.9. The lowest BCUT2D eigenvalue weighted by Crippen LogP contribution is -2.37. The molecule has 1 aromatic heterocycles. The molecular weight excluding hydrogens is 377 g/mol. The van der Waals surface area contributed by atoms with Gasteiger partial charge in [-0.05, 0) is 18.2 Å². The number of likely N-dealkylation sites (tertiary alicyclic amines) is 1. The molecule has 28 heavy (non-hydrogen) atoms. The van der Waals surface area contributed by atoms with Gasteiger partial charge in [-0.3, -0.25) is 9.59 Å². The standard InChI is InChI=1S/C18H15F3N4O3/c1-24-8-7-17(28,16(24)27)6-5-11-3-2-4-12(9-11)25-10-13(18(19,20)21)14(23-25)15(22)26/h2-4,9-10,28H,7-8H2,1H3,(H2,22,26)/t17-/m0/s1. The molecule has 0 saturated carbocycles. The molecule has 0 aliphatic carbocycles. The van der Waals surface area contributed by atoms with Crippen LogP contribution < -0.4 is 5.73 Å². The maximum absolute atomic E-state index is 13.1. The number of carbonyl (C=O) groups excluding carboxylic acids is 2. The van der Waals surface area contributed by atoms with E-state index in [1.54, 1.807) is 13.1 Å². The van der Waals surface area contributed by atoms with Crippen molar-refractivity contribution in [1.82, 2.24) is 14.7 Å². The number of benzene rings is 1. The fourth-order valence-corrected chi connectivity index (χ4v) is 2.77. The van der Waals surface area contributed by atoms with E-state index in [2.05, 4.69) is 16.9 Å². The fourth-order valence-electron chi connectivity index (χ4n) is 2.77. The minimum absolute atomic E-state index is 0.158. The number of nitrogens with two attached hydrogens (primary N) is 1. The number of hydrogen-bond donors (Lipinski definition) is 2. The van der Waals surface area contributed by atoms with Crippen molar-refractivity contribution in [3.05, 3.63) is 47.3 Å². The van der Waals surface area contributed by atoms with E-state index in [9.17, 15) is 27.9 Å². The number of aliphatic hydroxyl groups is 1. The van der Waals surface area contributed by atoms with Crippen LogP contribution in [-0.4, -0.2) is 50.8 Å². The van der Waals surface area contributed by atoms with Crippen LogP contribution >= 0.6 is 0 Å². The van der Waals surface area contributed by atoms with Crippen LogP contribution in [0.3, 0.4) is 0 Å². The molecule has 2 heterocycles. The first kappa shape index (κ1) is 19.4. The van der Waals surface area contributed by atoms with Gasteiger partial charge in [0.15, 0.2) is 5.69 Å². The van der Waals surface area contributed by atoms with Gasteiger partial charge in [0, 0.05) is 31.8 Å². The number of halogens is 3. The molecule has 2 amide bonds. The molecule has 3 rings (SSSR count). The number of rotatable bonds is 2. The second kappa shape index (κ2) is 6.69. The minimum atomic E-state index is -4.79. The first-order chi connectivity index (χ1) is 13.0. The van der Waals surface area contributed by atoms with Crippen LogP contribution in [0.2, 0.25) is 0 Å². The van der Waals surface area contributed by atoms with Gasteiger partial charge in [-0.2, -0.15) is 18.3 Å². The zero-order valence-electron chi connectivity index (χ0n) is 14.6. The van der Waals surface area contributed by atoms with Gasteiger partial charge in [-0.1, -0.05) is 17.9 Å². The predicted molar refractivity (Wildman–Crippen MR) is 91.2 cm³/mol. The highest BCUT2D eigenvalue weighted by Crippen LogP contribution is 2.32. The van der Waals surface area contributed by atoms with Gasteiger partial charge in [-0.25, -0.2) is 4.68 Å². The van der Waals surface area contributed by atoms with Crippen LogP contribution in [0.5, 0.6) is 0 Å². The Morgan fingerprint density at radius 2 is 2.11 bits per heavy atom. The smallest absolute Gasteiger partial charge is 0.369 e. The van der Waals surface area contributed by atoms with E-state index >= 15 is 0 Å². The summed E-state index contributed by atoms with van der Waals surface area (Å²) in [4.78, 5) is 24.6. The second-order valence-electron chi connectivity index (χ2n) is 6.34. The molecule has 1 fully saturated rings. The van der Waals surface area contributed by atoms with Crippen LogP contribution in [0.15, 0.2) is 30.5 Å². The summed E-state index contributed by atoms with van der Waals surface area (Å²) >= 11 is 0. The molecule has 3 N–H and O–H groups in total. The van der Waals surface area contributed by atoms with E-state index in [0.717, 1.165) is 4.68 Å². The van der Waals surface area contributed by atoms with Gasteiger partial charge in [0.1, 0.15) is 5.56 Å². The van der Waals surface area contributed by atoms with E-state index in [1.807, 2.05) is 0 Å². The number of amides is 2. The normalized spacial score (nSPS) is 19.5. The van der Waals surface area contributed by atoms with E-state index < -0.39 is 34.8 Å². The van der Waals surface area contributed by atoms with Crippen LogP contribution in [0.25, 0.3) is 5.69 Å². The summed E-state index contributed by atoms with van der Waals surface area (Å²) in [5.41, 5.74) is 1.61. The average molecular weight is 392 g/mol. The third kappa shape index (κ3) is 3.57. The van der Waals surface area contributed by atoms with Gasteiger partial charge in [0.25, 0.3) is 11.8 Å². The first-order valence-corrected chi connectivity index (χ1v) is 8.09. The van der Waals surface area contributed by atoms with Crippen LogP contribution in [0, 0.1) is 11.8 Å². The highest BCUT2D eigenvalue weighted by Gasteiger charge is 2.42. The monoisotopic (exact) mass is 392 g/mol. The van der Waals surface area contributed by atoms with Gasteiger partial charge in [0.05, 0.1) is 5.69 Å². The molecular formula is C18H15F3N4O3. The highest BCUT2D eigenvalue weighted by atomic mass is 19.4. The van der Waals surface area contributed by atoms with Crippen molar-refractivity contribution in [3.8, 4) is 17.5 Å². The van der Waals surface area contributed by atoms with Crippen LogP contribution in [0.4, 0.5) is 13.2 Å². The molecule has 0 bridgehead atoms. The van der Waals surface area contributed by atoms with Crippen molar-refractivity contribution in [2.75, 3.05) is 13.6 Å². The number of nitrogens with zero attached hydrogens (tertiary/aromatic N) is 3. The van der Waals surface area contributed by atoms with Crippen LogP contribution in [-0.2, 0) is 11.0 Å². The van der Waals surface area contributed by atoms with Gasteiger partial charge in [0.2, 0.25) is 5.60 Å². The Kier molecular flexibility index (Phi) is 4.64. The minimum Gasteiger partial charge on any atom is -0.369 e. The first-order valence-electron chi connectivity index (χ1n) is 8.09. The molecule has 0 radical (unpaired) electrons. The topological polar surface area (TPSA) is 101 Å². The number of alkyl halides is 3. The predicted octanol–water partition coefficient (Wildman–Crippen LogP) is 0.935. The summed E-state index contributed by atoms with van der Waals surface area (Å²) in [6, 6.07) is 5.96. The number of carbonyl (C=O) groups is 2. The number of hydrogen-bond acceptors (Lipinski definition) is 4. The van der Waals surface area contributed by atoms with Crippen molar-refractivity contribution in [1.29, 1.82) is 0 Å². The fraction of sp³-hybridized carbons (Fsp3) is 0.278. The Morgan fingerprint density at radius 1 is 1.39 bits per heavy atom. The molecule has 0 spiro atoms. The number of likely N-dealkylation sites (N-methyl/N-ethyl adjacent to an activating group) is 1. The summed E-state index contributed by atoms with van der Waals surface area (Å²) in [7, 11) is 1.55. The largest absolute Gasteiger partial charge is 0.420 e. The Bertz CT molecular complexity index is 1020. The van der Waals surface area contributed by atoms with Crippen LogP contribution in [0.1, 0.15) is 28.0 Å². The molecule has 1 aliphatic rings. The van der Waals surface area contributed by atoms with Crippen molar-refractivity contribution < 1.29 is 27.9 Å². The quantitative estimate of drug-likeness (QED) is 0.743. The third-order valence-electron chi connectivity index (χ3n) is 4.29. The van der Waals surface area contributed by atoms with Crippen molar-refractivity contribution in [2.24, 2.45) is 5.73 Å². The summed E-state index contributed by atoms with van der Waals surface area (Å²) in [6.45, 7) is 0.369. The molecule has 7 nitrogen and oxygen atoms in total. The molecule has 1 aromatic carbocycles. The number of aromatic nitrogens is 2. The average Bonchev–Trinajstić information content (AvgIpc) is 3.19. The molecule has 1 atom stereocenters. The highest BCUT2D eigenvalue weighted by molar-refractivity contribution is 5.92. The molecule has 2 aromatic rings. The molecule has 1 aliphatic heterocycles. The van der Waals surface area contributed by atoms with E-state index in [-0.39, 0.29) is 12.1 Å². The Hall–Kier alpha value is -3.32. The Morgan fingerprint density at radius 3 is 2.64 bits per heavy atom. The van der Waals surface area contributed by atoms with Gasteiger partial charge in [-0.15, -0.1) is 0 Å². The maximum atomic E-state index is 13.1. The lowest BCUT2D eigenvalue weighted by Gasteiger charge is -2.13. The second-order valence-corrected chi connectivity index (χ2v) is 6.34. The zero-order valence-corrected chi connectivity index (χ0v) is 14.6. The number of primary amides is 1. The third-order valence-corrected chi connectivity index (χ3v) is 4.29. The van der Waals surface area contributed by atoms with E-state index in [1.165, 1.54) is 23.1 Å². The Labute approximate surface area is 157 Å². The maximum Gasteiger partial charge on any atom is 0.420 e. The molecule has 10 heteroatoms. The molecule has 0 unspecified atom stereocenters. The van der Waals surface area contributed by atoms with Gasteiger partial charge < -0.3 is 15.7 Å². The Balaban J connectivity index is 1.97. The lowest BCUT2D eigenvalue weighted by molar-refractivity contribution is -0.138. The lowest BCUT2D eigenvalue weighted by atomic mass is 10.0. The molecule has 146 valence electrons. The SMILES string of the molecule is CN1CC[C@@](O)(C#Cc2cccc(-n3cc(C(F)(F)F)c(C(N)=O)n3)c2)C1=O.